The average molecular weight is 256 g/mol. The van der Waals surface area contributed by atoms with Crippen LogP contribution >= 0.6 is 0 Å². The Morgan fingerprint density at radius 2 is 1.79 bits per heavy atom. The van der Waals surface area contributed by atoms with E-state index in [1.807, 2.05) is 54.6 Å². The molecule has 0 bridgehead atoms. The molecule has 0 aliphatic rings. The molecule has 0 unspecified atom stereocenters. The van der Waals surface area contributed by atoms with E-state index in [4.69, 9.17) is 4.74 Å². The van der Waals surface area contributed by atoms with E-state index in [-0.39, 0.29) is 0 Å². The minimum Gasteiger partial charge on any atom is -0.497 e. The van der Waals surface area contributed by atoms with Crippen molar-refractivity contribution < 1.29 is 9.53 Å². The van der Waals surface area contributed by atoms with Crippen molar-refractivity contribution in [3.63, 3.8) is 0 Å². The van der Waals surface area contributed by atoms with E-state index in [2.05, 4.69) is 5.43 Å². The van der Waals surface area contributed by atoms with Gasteiger partial charge in [-0.25, -0.2) is 0 Å². The molecule has 2 aromatic rings. The maximum atomic E-state index is 11.1. The first-order valence-corrected chi connectivity index (χ1v) is 5.98. The highest BCUT2D eigenvalue weighted by molar-refractivity contribution is 5.53. The van der Waals surface area contributed by atoms with Crippen molar-refractivity contribution in [1.82, 2.24) is 5.01 Å². The molecule has 4 nitrogen and oxygen atoms in total. The molecule has 1 N–H and O–H groups in total. The van der Waals surface area contributed by atoms with Crippen LogP contribution < -0.4 is 10.2 Å². The Bertz CT molecular complexity index is 511. The molecule has 0 heterocycles. The lowest BCUT2D eigenvalue weighted by atomic mass is 10.2. The molecular formula is C15H16N2O2. The fourth-order valence-corrected chi connectivity index (χ4v) is 1.71. The molecule has 2 rings (SSSR count). The van der Waals surface area contributed by atoms with Crippen molar-refractivity contribution in [1.29, 1.82) is 0 Å². The van der Waals surface area contributed by atoms with Gasteiger partial charge in [-0.1, -0.05) is 30.3 Å². The van der Waals surface area contributed by atoms with Gasteiger partial charge in [0.1, 0.15) is 5.75 Å². The Hall–Kier alpha value is -2.49. The van der Waals surface area contributed by atoms with Crippen LogP contribution in [-0.2, 0) is 11.3 Å². The molecule has 19 heavy (non-hydrogen) atoms. The molecule has 0 aromatic heterocycles. The van der Waals surface area contributed by atoms with Crippen LogP contribution in [0.4, 0.5) is 5.69 Å². The molecule has 2 aromatic carbocycles. The number of carbonyl (C=O) groups is 1. The zero-order chi connectivity index (χ0) is 13.5. The van der Waals surface area contributed by atoms with E-state index in [9.17, 15) is 4.79 Å². The Morgan fingerprint density at radius 3 is 2.37 bits per heavy atom. The summed E-state index contributed by atoms with van der Waals surface area (Å²) in [6, 6.07) is 17.2. The first kappa shape index (κ1) is 13.0. The van der Waals surface area contributed by atoms with Gasteiger partial charge in [0.2, 0.25) is 6.41 Å². The second-order valence-corrected chi connectivity index (χ2v) is 4.06. The first-order valence-electron chi connectivity index (χ1n) is 5.98. The molecule has 0 spiro atoms. The van der Waals surface area contributed by atoms with Crippen molar-refractivity contribution in [2.75, 3.05) is 12.5 Å². The van der Waals surface area contributed by atoms with E-state index in [1.165, 1.54) is 5.01 Å². The lowest BCUT2D eigenvalue weighted by Gasteiger charge is -2.19. The number of hydrogen-bond donors (Lipinski definition) is 1. The molecule has 0 aliphatic heterocycles. The second kappa shape index (κ2) is 6.44. The summed E-state index contributed by atoms with van der Waals surface area (Å²) in [5, 5.41) is 1.50. The standard InChI is InChI=1S/C15H16N2O2/c1-19-15-9-7-13(8-10-15)11-17(12-18)16-14-5-3-2-4-6-14/h2-10,12,16H,11H2,1H3. The number of nitrogens with one attached hydrogen (secondary N) is 1. The third kappa shape index (κ3) is 3.74. The van der Waals surface area contributed by atoms with Gasteiger partial charge >= 0.3 is 0 Å². The number of anilines is 1. The van der Waals surface area contributed by atoms with Gasteiger partial charge in [0.05, 0.1) is 19.3 Å². The molecule has 0 radical (unpaired) electrons. The van der Waals surface area contributed by atoms with Gasteiger partial charge in [-0.3, -0.25) is 15.2 Å². The summed E-state index contributed by atoms with van der Waals surface area (Å²) in [7, 11) is 1.63. The molecule has 0 aliphatic carbocycles. The summed E-state index contributed by atoms with van der Waals surface area (Å²) in [6.45, 7) is 0.488. The second-order valence-electron chi connectivity index (χ2n) is 4.06. The van der Waals surface area contributed by atoms with Gasteiger partial charge in [-0.05, 0) is 29.8 Å². The van der Waals surface area contributed by atoms with Gasteiger partial charge in [0.15, 0.2) is 0 Å². The third-order valence-electron chi connectivity index (χ3n) is 2.69. The Kier molecular flexibility index (Phi) is 4.39. The monoisotopic (exact) mass is 256 g/mol. The maximum Gasteiger partial charge on any atom is 0.228 e. The molecule has 0 atom stereocenters. The van der Waals surface area contributed by atoms with Crippen LogP contribution in [0, 0.1) is 0 Å². The van der Waals surface area contributed by atoms with Crippen LogP contribution in [0.1, 0.15) is 5.56 Å². The van der Waals surface area contributed by atoms with Crippen LogP contribution in [0.25, 0.3) is 0 Å². The topological polar surface area (TPSA) is 41.6 Å². The van der Waals surface area contributed by atoms with Crippen molar-refractivity contribution in [2.24, 2.45) is 0 Å². The normalized spacial score (nSPS) is 9.74. The van der Waals surface area contributed by atoms with Gasteiger partial charge in [0, 0.05) is 0 Å². The molecule has 0 fully saturated rings. The SMILES string of the molecule is COc1ccc(CN(C=O)Nc2ccccc2)cc1. The summed E-state index contributed by atoms with van der Waals surface area (Å²) >= 11 is 0. The lowest BCUT2D eigenvalue weighted by Crippen LogP contribution is -2.27. The van der Waals surface area contributed by atoms with Crippen LogP contribution in [0.5, 0.6) is 5.75 Å². The number of nitrogens with zero attached hydrogens (tertiary/aromatic N) is 1. The molecule has 98 valence electrons. The summed E-state index contributed by atoms with van der Waals surface area (Å²) in [5.74, 6) is 0.803. The number of amides is 1. The largest absolute Gasteiger partial charge is 0.497 e. The van der Waals surface area contributed by atoms with Crippen molar-refractivity contribution in [3.8, 4) is 5.75 Å². The van der Waals surface area contributed by atoms with Gasteiger partial charge < -0.3 is 4.74 Å². The van der Waals surface area contributed by atoms with E-state index in [0.717, 1.165) is 23.4 Å². The number of methoxy groups -OCH3 is 1. The predicted octanol–water partition coefficient (Wildman–Crippen LogP) is 2.68. The minimum absolute atomic E-state index is 0.488. The van der Waals surface area contributed by atoms with E-state index in [1.54, 1.807) is 7.11 Å². The van der Waals surface area contributed by atoms with Gasteiger partial charge in [0.25, 0.3) is 0 Å². The highest BCUT2D eigenvalue weighted by atomic mass is 16.5. The van der Waals surface area contributed by atoms with E-state index >= 15 is 0 Å². The maximum absolute atomic E-state index is 11.1. The number of hydrogen-bond acceptors (Lipinski definition) is 3. The van der Waals surface area contributed by atoms with E-state index < -0.39 is 0 Å². The Balaban J connectivity index is 2.00. The quantitative estimate of drug-likeness (QED) is 0.638. The Labute approximate surface area is 112 Å². The van der Waals surface area contributed by atoms with Gasteiger partial charge in [-0.2, -0.15) is 0 Å². The molecule has 0 saturated carbocycles. The molecule has 1 amide bonds. The zero-order valence-electron chi connectivity index (χ0n) is 10.7. The number of carbonyl (C=O) groups excluding carboxylic acids is 1. The van der Waals surface area contributed by atoms with Crippen LogP contribution in [0.3, 0.4) is 0 Å². The van der Waals surface area contributed by atoms with Crippen LogP contribution in [0.15, 0.2) is 54.6 Å². The zero-order valence-corrected chi connectivity index (χ0v) is 10.7. The number of rotatable bonds is 6. The highest BCUT2D eigenvalue weighted by Gasteiger charge is 2.03. The average Bonchev–Trinajstić information content (AvgIpc) is 2.48. The first-order chi connectivity index (χ1) is 9.31. The predicted molar refractivity (Wildman–Crippen MR) is 74.7 cm³/mol. The summed E-state index contributed by atoms with van der Waals surface area (Å²) in [4.78, 5) is 11.1. The fourth-order valence-electron chi connectivity index (χ4n) is 1.71. The van der Waals surface area contributed by atoms with Crippen LogP contribution in [-0.4, -0.2) is 18.5 Å². The summed E-state index contributed by atoms with van der Waals surface area (Å²) in [5.41, 5.74) is 4.94. The number of benzene rings is 2. The van der Waals surface area contributed by atoms with E-state index in [0.29, 0.717) is 6.54 Å². The fraction of sp³-hybridized carbons (Fsp3) is 0.133. The highest BCUT2D eigenvalue weighted by Crippen LogP contribution is 2.13. The van der Waals surface area contributed by atoms with Gasteiger partial charge in [-0.15, -0.1) is 0 Å². The van der Waals surface area contributed by atoms with Crippen molar-refractivity contribution in [3.05, 3.63) is 60.2 Å². The van der Waals surface area contributed by atoms with Crippen molar-refractivity contribution >= 4 is 12.1 Å². The molecular weight excluding hydrogens is 240 g/mol. The Morgan fingerprint density at radius 1 is 1.11 bits per heavy atom. The molecule has 4 heteroatoms. The number of para-hydroxylation sites is 1. The van der Waals surface area contributed by atoms with Crippen LogP contribution in [0.2, 0.25) is 0 Å². The minimum atomic E-state index is 0.488. The summed E-state index contributed by atoms with van der Waals surface area (Å²) in [6.07, 6.45) is 0.775. The summed E-state index contributed by atoms with van der Waals surface area (Å²) < 4.78 is 5.10. The lowest BCUT2D eigenvalue weighted by molar-refractivity contribution is -0.117. The number of hydrazine groups is 1. The molecule has 0 saturated heterocycles. The number of ether oxygens (including phenoxy) is 1. The third-order valence-corrected chi connectivity index (χ3v) is 2.69. The smallest absolute Gasteiger partial charge is 0.228 e. The van der Waals surface area contributed by atoms with Crippen molar-refractivity contribution in [2.45, 2.75) is 6.54 Å².